The van der Waals surface area contributed by atoms with Crippen molar-refractivity contribution in [1.29, 1.82) is 0 Å². The van der Waals surface area contributed by atoms with Gasteiger partial charge in [-0.2, -0.15) is 0 Å². The van der Waals surface area contributed by atoms with Crippen molar-refractivity contribution < 1.29 is 9.53 Å². The van der Waals surface area contributed by atoms with Gasteiger partial charge in [0, 0.05) is 16.7 Å². The van der Waals surface area contributed by atoms with Crippen LogP contribution < -0.4 is 5.32 Å². The van der Waals surface area contributed by atoms with Gasteiger partial charge in [-0.3, -0.25) is 0 Å². The second-order valence-electron chi connectivity index (χ2n) is 4.34. The molecule has 0 fully saturated rings. The molecule has 0 saturated heterocycles. The Hall–Kier alpha value is -1.16. The van der Waals surface area contributed by atoms with Crippen molar-refractivity contribution in [2.45, 2.75) is 31.7 Å². The molecule has 4 heteroatoms. The molecule has 0 aliphatic heterocycles. The maximum atomic E-state index is 11.4. The standard InChI is InChI=1S/C14H21NO2S/c1-4-17-14(16)15-13(11(2)3)10-18-12-8-6-5-7-9-12/h5-9,11,13H,4,10H2,1-3H3,(H,15,16)/t13-/m1/s1. The predicted molar refractivity (Wildman–Crippen MR) is 75.9 cm³/mol. The maximum Gasteiger partial charge on any atom is 0.407 e. The van der Waals surface area contributed by atoms with Crippen LogP contribution in [0.15, 0.2) is 35.2 Å². The molecule has 1 amide bonds. The fraction of sp³-hybridized carbons (Fsp3) is 0.500. The monoisotopic (exact) mass is 267 g/mol. The van der Waals surface area contributed by atoms with Crippen LogP contribution in [-0.2, 0) is 4.74 Å². The Bertz CT molecular complexity index is 354. The number of amides is 1. The van der Waals surface area contributed by atoms with E-state index in [0.717, 1.165) is 5.75 Å². The van der Waals surface area contributed by atoms with Crippen LogP contribution in [0.1, 0.15) is 20.8 Å². The number of alkyl carbamates (subject to hydrolysis) is 1. The van der Waals surface area contributed by atoms with Gasteiger partial charge >= 0.3 is 6.09 Å². The van der Waals surface area contributed by atoms with E-state index in [1.807, 2.05) is 25.1 Å². The third kappa shape index (κ3) is 5.45. The van der Waals surface area contributed by atoms with Crippen LogP contribution in [0.5, 0.6) is 0 Å². The number of thioether (sulfide) groups is 1. The SMILES string of the molecule is CCOC(=O)N[C@H](CSc1ccccc1)C(C)C. The van der Waals surface area contributed by atoms with Crippen molar-refractivity contribution in [1.82, 2.24) is 5.32 Å². The van der Waals surface area contributed by atoms with Crippen molar-refractivity contribution in [3.63, 3.8) is 0 Å². The van der Waals surface area contributed by atoms with Crippen LogP contribution in [0, 0.1) is 5.92 Å². The fourth-order valence-electron chi connectivity index (χ4n) is 1.43. The van der Waals surface area contributed by atoms with Gasteiger partial charge in [0.1, 0.15) is 0 Å². The lowest BCUT2D eigenvalue weighted by Crippen LogP contribution is -2.40. The average molecular weight is 267 g/mol. The van der Waals surface area contributed by atoms with Crippen LogP contribution in [0.3, 0.4) is 0 Å². The zero-order chi connectivity index (χ0) is 13.4. The van der Waals surface area contributed by atoms with Crippen molar-refractivity contribution in [3.05, 3.63) is 30.3 Å². The molecule has 0 saturated carbocycles. The van der Waals surface area contributed by atoms with Crippen LogP contribution in [0.2, 0.25) is 0 Å². The number of rotatable bonds is 6. The third-order valence-electron chi connectivity index (χ3n) is 2.56. The lowest BCUT2D eigenvalue weighted by atomic mass is 10.1. The molecule has 0 aromatic heterocycles. The minimum atomic E-state index is -0.329. The normalized spacial score (nSPS) is 12.2. The molecule has 3 nitrogen and oxygen atoms in total. The molecule has 1 N–H and O–H groups in total. The first kappa shape index (κ1) is 14.9. The first-order valence-corrected chi connectivity index (χ1v) is 7.23. The molecule has 0 radical (unpaired) electrons. The molecular formula is C14H21NO2S. The van der Waals surface area contributed by atoms with E-state index in [1.165, 1.54) is 4.90 Å². The van der Waals surface area contributed by atoms with Gasteiger partial charge in [-0.05, 0) is 25.0 Å². The largest absolute Gasteiger partial charge is 0.450 e. The van der Waals surface area contributed by atoms with Crippen molar-refractivity contribution in [2.24, 2.45) is 5.92 Å². The fourth-order valence-corrected chi connectivity index (χ4v) is 2.62. The second-order valence-corrected chi connectivity index (χ2v) is 5.43. The predicted octanol–water partition coefficient (Wildman–Crippen LogP) is 3.55. The number of hydrogen-bond donors (Lipinski definition) is 1. The van der Waals surface area contributed by atoms with Crippen molar-refractivity contribution >= 4 is 17.9 Å². The molecular weight excluding hydrogens is 246 g/mol. The van der Waals surface area contributed by atoms with Gasteiger partial charge in [-0.15, -0.1) is 11.8 Å². The first-order chi connectivity index (χ1) is 8.63. The highest BCUT2D eigenvalue weighted by Gasteiger charge is 2.16. The van der Waals surface area contributed by atoms with Gasteiger partial charge in [-0.25, -0.2) is 4.79 Å². The van der Waals surface area contributed by atoms with E-state index >= 15 is 0 Å². The van der Waals surface area contributed by atoms with E-state index in [9.17, 15) is 4.79 Å². The number of carbonyl (C=O) groups excluding carboxylic acids is 1. The highest BCUT2D eigenvalue weighted by atomic mass is 32.2. The summed E-state index contributed by atoms with van der Waals surface area (Å²) in [6.45, 7) is 6.41. The van der Waals surface area contributed by atoms with Crippen LogP contribution in [0.4, 0.5) is 4.79 Å². The Kier molecular flexibility index (Phi) is 6.65. The van der Waals surface area contributed by atoms with E-state index in [2.05, 4.69) is 31.3 Å². The lowest BCUT2D eigenvalue weighted by molar-refractivity contribution is 0.146. The van der Waals surface area contributed by atoms with Crippen LogP contribution >= 0.6 is 11.8 Å². The summed E-state index contributed by atoms with van der Waals surface area (Å²) < 4.78 is 4.92. The minimum absolute atomic E-state index is 0.120. The van der Waals surface area contributed by atoms with Crippen molar-refractivity contribution in [2.75, 3.05) is 12.4 Å². The van der Waals surface area contributed by atoms with Gasteiger partial charge in [0.15, 0.2) is 0 Å². The quantitative estimate of drug-likeness (QED) is 0.801. The average Bonchev–Trinajstić information content (AvgIpc) is 2.35. The molecule has 18 heavy (non-hydrogen) atoms. The van der Waals surface area contributed by atoms with E-state index in [4.69, 9.17) is 4.74 Å². The summed E-state index contributed by atoms with van der Waals surface area (Å²) in [4.78, 5) is 12.6. The third-order valence-corrected chi connectivity index (χ3v) is 3.69. The summed E-state index contributed by atoms with van der Waals surface area (Å²) in [7, 11) is 0. The topological polar surface area (TPSA) is 38.3 Å². The Labute approximate surface area is 113 Å². The molecule has 0 heterocycles. The molecule has 0 aliphatic rings. The van der Waals surface area contributed by atoms with E-state index in [-0.39, 0.29) is 12.1 Å². The molecule has 100 valence electrons. The zero-order valence-corrected chi connectivity index (χ0v) is 12.0. The molecule has 0 spiro atoms. The van der Waals surface area contributed by atoms with Gasteiger partial charge in [0.05, 0.1) is 6.61 Å². The molecule has 1 aromatic rings. The Morgan fingerprint density at radius 1 is 1.33 bits per heavy atom. The highest BCUT2D eigenvalue weighted by Crippen LogP contribution is 2.20. The second kappa shape index (κ2) is 8.03. The zero-order valence-electron chi connectivity index (χ0n) is 11.2. The first-order valence-electron chi connectivity index (χ1n) is 6.24. The molecule has 0 aliphatic carbocycles. The van der Waals surface area contributed by atoms with Crippen LogP contribution in [-0.4, -0.2) is 24.5 Å². The van der Waals surface area contributed by atoms with Gasteiger partial charge in [-0.1, -0.05) is 32.0 Å². The molecule has 1 atom stereocenters. The summed E-state index contributed by atoms with van der Waals surface area (Å²) in [5.74, 6) is 1.23. The summed E-state index contributed by atoms with van der Waals surface area (Å²) in [6, 6.07) is 10.3. The van der Waals surface area contributed by atoms with Gasteiger partial charge < -0.3 is 10.1 Å². The summed E-state index contributed by atoms with van der Waals surface area (Å²) >= 11 is 1.75. The summed E-state index contributed by atoms with van der Waals surface area (Å²) in [5.41, 5.74) is 0. The van der Waals surface area contributed by atoms with Crippen molar-refractivity contribution in [3.8, 4) is 0 Å². The van der Waals surface area contributed by atoms with Crippen LogP contribution in [0.25, 0.3) is 0 Å². The lowest BCUT2D eigenvalue weighted by Gasteiger charge is -2.21. The Morgan fingerprint density at radius 3 is 2.56 bits per heavy atom. The Balaban J connectivity index is 2.46. The molecule has 1 rings (SSSR count). The molecule has 1 aromatic carbocycles. The summed E-state index contributed by atoms with van der Waals surface area (Å²) in [5, 5.41) is 2.91. The van der Waals surface area contributed by atoms with E-state index < -0.39 is 0 Å². The highest BCUT2D eigenvalue weighted by molar-refractivity contribution is 7.99. The minimum Gasteiger partial charge on any atom is -0.450 e. The summed E-state index contributed by atoms with van der Waals surface area (Å²) in [6.07, 6.45) is -0.329. The number of hydrogen-bond acceptors (Lipinski definition) is 3. The smallest absolute Gasteiger partial charge is 0.407 e. The molecule has 0 bridgehead atoms. The van der Waals surface area contributed by atoms with Gasteiger partial charge in [0.2, 0.25) is 0 Å². The van der Waals surface area contributed by atoms with Gasteiger partial charge in [0.25, 0.3) is 0 Å². The number of benzene rings is 1. The number of carbonyl (C=O) groups is 1. The van der Waals surface area contributed by atoms with E-state index in [0.29, 0.717) is 12.5 Å². The Morgan fingerprint density at radius 2 is 2.00 bits per heavy atom. The molecule has 0 unspecified atom stereocenters. The maximum absolute atomic E-state index is 11.4. The number of ether oxygens (including phenoxy) is 1. The van der Waals surface area contributed by atoms with E-state index in [1.54, 1.807) is 11.8 Å². The number of nitrogens with one attached hydrogen (secondary N) is 1.